The van der Waals surface area contributed by atoms with E-state index >= 15 is 0 Å². The molecule has 24 heavy (non-hydrogen) atoms. The molecule has 1 aliphatic carbocycles. The van der Waals surface area contributed by atoms with Gasteiger partial charge in [-0.1, -0.05) is 19.9 Å². The lowest BCUT2D eigenvalue weighted by Gasteiger charge is -2.34. The Morgan fingerprint density at radius 2 is 2.08 bits per heavy atom. The van der Waals surface area contributed by atoms with Crippen LogP contribution in [0, 0.1) is 5.92 Å². The highest BCUT2D eigenvalue weighted by Crippen LogP contribution is 2.22. The van der Waals surface area contributed by atoms with E-state index in [1.54, 1.807) is 0 Å². The molecule has 1 N–H and O–H groups in total. The number of nitrogens with zero attached hydrogens (tertiary/aromatic N) is 1. The van der Waals surface area contributed by atoms with E-state index in [9.17, 15) is 4.79 Å². The van der Waals surface area contributed by atoms with Crippen LogP contribution in [-0.2, 0) is 17.6 Å². The first kappa shape index (κ1) is 17.4. The number of ether oxygens (including phenoxy) is 1. The van der Waals surface area contributed by atoms with Gasteiger partial charge in [0.25, 0.3) is 5.91 Å². The molecule has 132 valence electrons. The molecule has 0 radical (unpaired) electrons. The molecule has 4 heteroatoms. The number of aryl methyl sites for hydroxylation is 2. The lowest BCUT2D eigenvalue weighted by molar-refractivity contribution is -0.0295. The second-order valence-corrected chi connectivity index (χ2v) is 7.55. The summed E-state index contributed by atoms with van der Waals surface area (Å²) in [5, 5.41) is 3.06. The molecule has 1 fully saturated rings. The molecule has 0 bridgehead atoms. The minimum Gasteiger partial charge on any atom is -0.374 e. The molecule has 0 spiro atoms. The van der Waals surface area contributed by atoms with E-state index in [0.29, 0.717) is 12.5 Å². The number of hydrogen-bond acceptors (Lipinski definition) is 3. The Kier molecular flexibility index (Phi) is 5.90. The van der Waals surface area contributed by atoms with Crippen molar-refractivity contribution in [1.29, 1.82) is 0 Å². The zero-order valence-corrected chi connectivity index (χ0v) is 15.0. The number of amides is 1. The van der Waals surface area contributed by atoms with Crippen molar-refractivity contribution in [3.63, 3.8) is 0 Å². The summed E-state index contributed by atoms with van der Waals surface area (Å²) in [7, 11) is 0. The van der Waals surface area contributed by atoms with Crippen molar-refractivity contribution in [2.24, 2.45) is 5.92 Å². The topological polar surface area (TPSA) is 41.6 Å². The van der Waals surface area contributed by atoms with Gasteiger partial charge in [-0.15, -0.1) is 0 Å². The Balaban J connectivity index is 1.52. The van der Waals surface area contributed by atoms with Crippen molar-refractivity contribution >= 4 is 5.91 Å². The summed E-state index contributed by atoms with van der Waals surface area (Å²) in [5.74, 6) is 0.682. The first-order valence-corrected chi connectivity index (χ1v) is 9.36. The molecule has 1 aliphatic heterocycles. The smallest absolute Gasteiger partial charge is 0.251 e. The van der Waals surface area contributed by atoms with Gasteiger partial charge in [0.15, 0.2) is 0 Å². The molecule has 0 aromatic heterocycles. The average Bonchev–Trinajstić information content (AvgIpc) is 2.59. The Labute approximate surface area is 145 Å². The van der Waals surface area contributed by atoms with E-state index in [2.05, 4.69) is 36.2 Å². The van der Waals surface area contributed by atoms with Crippen LogP contribution in [0.25, 0.3) is 0 Å². The van der Waals surface area contributed by atoms with Gasteiger partial charge < -0.3 is 10.1 Å². The van der Waals surface area contributed by atoms with E-state index in [1.807, 2.05) is 6.07 Å². The second-order valence-electron chi connectivity index (χ2n) is 7.55. The van der Waals surface area contributed by atoms with E-state index < -0.39 is 0 Å². The van der Waals surface area contributed by atoms with Crippen molar-refractivity contribution < 1.29 is 9.53 Å². The highest BCUT2D eigenvalue weighted by Gasteiger charge is 2.22. The fourth-order valence-electron chi connectivity index (χ4n) is 3.77. The molecule has 1 atom stereocenters. The minimum absolute atomic E-state index is 0.0213. The number of carbonyl (C=O) groups is 1. The molecular formula is C20H30N2O2. The number of fused-ring (bicyclic) bond motifs is 1. The summed E-state index contributed by atoms with van der Waals surface area (Å²) in [6.45, 7) is 8.82. The van der Waals surface area contributed by atoms with Crippen LogP contribution >= 0.6 is 0 Å². The standard InChI is InChI=1S/C20H30N2O2/c1-15(2)13-22-9-10-24-19(14-22)12-21-20(23)18-8-7-16-5-3-4-6-17(16)11-18/h7-8,11,15,19H,3-6,9-10,12-14H2,1-2H3,(H,21,23). The highest BCUT2D eigenvalue weighted by molar-refractivity contribution is 5.94. The van der Waals surface area contributed by atoms with Crippen molar-refractivity contribution in [3.8, 4) is 0 Å². The van der Waals surface area contributed by atoms with E-state index in [4.69, 9.17) is 4.74 Å². The molecule has 0 saturated carbocycles. The fourth-order valence-corrected chi connectivity index (χ4v) is 3.77. The number of carbonyl (C=O) groups excluding carboxylic acids is 1. The summed E-state index contributed by atoms with van der Waals surface area (Å²) < 4.78 is 5.81. The predicted octanol–water partition coefficient (Wildman–Crippen LogP) is 2.65. The zero-order valence-electron chi connectivity index (χ0n) is 15.0. The lowest BCUT2D eigenvalue weighted by Crippen LogP contribution is -2.48. The largest absolute Gasteiger partial charge is 0.374 e. The monoisotopic (exact) mass is 330 g/mol. The van der Waals surface area contributed by atoms with E-state index in [-0.39, 0.29) is 12.0 Å². The predicted molar refractivity (Wildman–Crippen MR) is 96.4 cm³/mol. The Morgan fingerprint density at radius 3 is 2.88 bits per heavy atom. The second kappa shape index (κ2) is 8.13. The summed E-state index contributed by atoms with van der Waals surface area (Å²) in [4.78, 5) is 14.9. The molecule has 1 aromatic rings. The van der Waals surface area contributed by atoms with Crippen LogP contribution in [0.4, 0.5) is 0 Å². The fraction of sp³-hybridized carbons (Fsp3) is 0.650. The molecule has 1 heterocycles. The van der Waals surface area contributed by atoms with Gasteiger partial charge >= 0.3 is 0 Å². The first-order chi connectivity index (χ1) is 11.6. The van der Waals surface area contributed by atoms with Gasteiger partial charge in [0.05, 0.1) is 12.7 Å². The maximum atomic E-state index is 12.5. The molecule has 4 nitrogen and oxygen atoms in total. The highest BCUT2D eigenvalue weighted by atomic mass is 16.5. The van der Waals surface area contributed by atoms with Gasteiger partial charge in [0.2, 0.25) is 0 Å². The van der Waals surface area contributed by atoms with Crippen LogP contribution in [0.1, 0.15) is 48.2 Å². The summed E-state index contributed by atoms with van der Waals surface area (Å²) in [5.41, 5.74) is 3.55. The van der Waals surface area contributed by atoms with Gasteiger partial charge in [-0.25, -0.2) is 0 Å². The molecular weight excluding hydrogens is 300 g/mol. The summed E-state index contributed by atoms with van der Waals surface area (Å²) >= 11 is 0. The zero-order chi connectivity index (χ0) is 16.9. The Hall–Kier alpha value is -1.39. The van der Waals surface area contributed by atoms with Crippen molar-refractivity contribution in [2.75, 3.05) is 32.8 Å². The van der Waals surface area contributed by atoms with Crippen molar-refractivity contribution in [3.05, 3.63) is 34.9 Å². The van der Waals surface area contributed by atoms with Crippen molar-refractivity contribution in [1.82, 2.24) is 10.2 Å². The molecule has 1 unspecified atom stereocenters. The quantitative estimate of drug-likeness (QED) is 0.902. The Bertz CT molecular complexity index is 571. The molecule has 1 aromatic carbocycles. The number of benzene rings is 1. The number of morpholine rings is 1. The van der Waals surface area contributed by atoms with Gasteiger partial charge in [-0.3, -0.25) is 9.69 Å². The van der Waals surface area contributed by atoms with Gasteiger partial charge in [-0.2, -0.15) is 0 Å². The maximum absolute atomic E-state index is 12.5. The summed E-state index contributed by atoms with van der Waals surface area (Å²) in [6.07, 6.45) is 4.86. The van der Waals surface area contributed by atoms with Crippen LogP contribution in [0.2, 0.25) is 0 Å². The minimum atomic E-state index is 0.0213. The normalized spacial score (nSPS) is 21.5. The van der Waals surface area contributed by atoms with Crippen LogP contribution in [0.15, 0.2) is 18.2 Å². The third kappa shape index (κ3) is 4.58. The average molecular weight is 330 g/mol. The number of hydrogen-bond donors (Lipinski definition) is 1. The van der Waals surface area contributed by atoms with Crippen LogP contribution < -0.4 is 5.32 Å². The lowest BCUT2D eigenvalue weighted by atomic mass is 9.90. The van der Waals surface area contributed by atoms with Crippen LogP contribution in [0.5, 0.6) is 0 Å². The van der Waals surface area contributed by atoms with Gasteiger partial charge in [-0.05, 0) is 54.9 Å². The third-order valence-electron chi connectivity index (χ3n) is 4.95. The van der Waals surface area contributed by atoms with Crippen LogP contribution in [-0.4, -0.2) is 49.7 Å². The van der Waals surface area contributed by atoms with Crippen molar-refractivity contribution in [2.45, 2.75) is 45.6 Å². The molecule has 3 rings (SSSR count). The van der Waals surface area contributed by atoms with Gasteiger partial charge in [0.1, 0.15) is 0 Å². The van der Waals surface area contributed by atoms with E-state index in [0.717, 1.165) is 44.6 Å². The SMILES string of the molecule is CC(C)CN1CCOC(CNC(=O)c2ccc3c(c2)CCCC3)C1. The molecule has 1 saturated heterocycles. The molecule has 2 aliphatic rings. The van der Waals surface area contributed by atoms with Crippen LogP contribution in [0.3, 0.4) is 0 Å². The third-order valence-corrected chi connectivity index (χ3v) is 4.95. The Morgan fingerprint density at radius 1 is 1.29 bits per heavy atom. The summed E-state index contributed by atoms with van der Waals surface area (Å²) in [6, 6.07) is 6.17. The molecule has 1 amide bonds. The van der Waals surface area contributed by atoms with E-state index in [1.165, 1.54) is 24.0 Å². The number of nitrogens with one attached hydrogen (secondary N) is 1. The maximum Gasteiger partial charge on any atom is 0.251 e. The number of rotatable bonds is 5. The first-order valence-electron chi connectivity index (χ1n) is 9.36. The van der Waals surface area contributed by atoms with Gasteiger partial charge in [0, 0.05) is 31.7 Å².